The number of phenols is 1. The van der Waals surface area contributed by atoms with Gasteiger partial charge in [0.25, 0.3) is 0 Å². The van der Waals surface area contributed by atoms with E-state index in [4.69, 9.17) is 0 Å². The first-order valence-electron chi connectivity index (χ1n) is 11.7. The average Bonchev–Trinajstić information content (AvgIpc) is 2.68. The smallest absolute Gasteiger partial charge is 0.339 e. The van der Waals surface area contributed by atoms with Gasteiger partial charge in [0.05, 0.1) is 0 Å². The summed E-state index contributed by atoms with van der Waals surface area (Å²) in [4.78, 5) is 11.5. The van der Waals surface area contributed by atoms with Crippen molar-refractivity contribution in [2.45, 2.75) is 117 Å². The Hall–Kier alpha value is -0.887. The fourth-order valence-corrected chi connectivity index (χ4v) is 3.82. The number of aromatic hydroxyl groups is 1. The molecule has 2 N–H and O–H groups in total. The van der Waals surface area contributed by atoms with Gasteiger partial charge in [-0.2, -0.15) is 0 Å². The van der Waals surface area contributed by atoms with Crippen LogP contribution in [0.4, 0.5) is 0 Å². The topological polar surface area (TPSA) is 57.5 Å². The molecular weight excluding hydrogens is 414 g/mol. The minimum absolute atomic E-state index is 0. The van der Waals surface area contributed by atoms with Crippen LogP contribution in [0.15, 0.2) is 12.1 Å². The maximum Gasteiger partial charge on any atom is 0.339 e. The molecule has 0 heterocycles. The fraction of sp³-hybridized carbons (Fsp3) is 0.720. The van der Waals surface area contributed by atoms with Gasteiger partial charge in [-0.25, -0.2) is 4.79 Å². The molecule has 0 fully saturated rings. The first kappa shape index (κ1) is 28.1. The van der Waals surface area contributed by atoms with E-state index in [1.54, 1.807) is 6.07 Å². The predicted molar refractivity (Wildman–Crippen MR) is 118 cm³/mol. The van der Waals surface area contributed by atoms with E-state index < -0.39 is 5.97 Å². The van der Waals surface area contributed by atoms with Gasteiger partial charge in [0.15, 0.2) is 0 Å². The molecule has 162 valence electrons. The molecule has 29 heavy (non-hydrogen) atoms. The fourth-order valence-electron chi connectivity index (χ4n) is 3.82. The summed E-state index contributed by atoms with van der Waals surface area (Å²) < 4.78 is 0. The molecule has 3 nitrogen and oxygen atoms in total. The van der Waals surface area contributed by atoms with Crippen molar-refractivity contribution in [3.8, 4) is 5.75 Å². The molecule has 0 radical (unpaired) electrons. The summed E-state index contributed by atoms with van der Waals surface area (Å²) in [6, 6.07) is 3.71. The number of hydrogen-bond donors (Lipinski definition) is 2. The summed E-state index contributed by atoms with van der Waals surface area (Å²) in [6.45, 7) is 4.46. The molecule has 0 atom stereocenters. The van der Waals surface area contributed by atoms with Crippen molar-refractivity contribution in [1.82, 2.24) is 0 Å². The number of benzene rings is 1. The van der Waals surface area contributed by atoms with E-state index in [0.29, 0.717) is 0 Å². The summed E-state index contributed by atoms with van der Waals surface area (Å²) in [5.74, 6) is -1.05. The second kappa shape index (κ2) is 17.9. The molecule has 0 aliphatic rings. The largest absolute Gasteiger partial charge is 0.507 e. The molecule has 0 unspecified atom stereocenters. The van der Waals surface area contributed by atoms with Crippen molar-refractivity contribution < 1.29 is 34.5 Å². The number of aryl methyl sites for hydroxylation is 2. The van der Waals surface area contributed by atoms with E-state index in [0.717, 1.165) is 43.2 Å². The molecular formula is C25H42O3Zn. The SMILES string of the molecule is CCCCCCCCCc1cc(CCCCCCCCC)c(O)c(C(=O)O)c1.[Zn]. The second-order valence-corrected chi connectivity index (χ2v) is 8.20. The Morgan fingerprint density at radius 1 is 0.724 bits per heavy atom. The Labute approximate surface area is 191 Å². The zero-order chi connectivity index (χ0) is 20.6. The van der Waals surface area contributed by atoms with E-state index in [-0.39, 0.29) is 30.8 Å². The molecule has 1 aromatic carbocycles. The second-order valence-electron chi connectivity index (χ2n) is 8.20. The number of carboxylic acids is 1. The van der Waals surface area contributed by atoms with Crippen LogP contribution in [0.25, 0.3) is 0 Å². The maximum absolute atomic E-state index is 11.5. The van der Waals surface area contributed by atoms with Crippen LogP contribution < -0.4 is 0 Å². The summed E-state index contributed by atoms with van der Waals surface area (Å²) in [7, 11) is 0. The Bertz CT molecular complexity index is 557. The van der Waals surface area contributed by atoms with Gasteiger partial charge in [-0.15, -0.1) is 0 Å². The molecule has 0 bridgehead atoms. The molecule has 0 saturated heterocycles. The van der Waals surface area contributed by atoms with Gasteiger partial charge in [0.1, 0.15) is 11.3 Å². The Morgan fingerprint density at radius 2 is 1.17 bits per heavy atom. The van der Waals surface area contributed by atoms with E-state index >= 15 is 0 Å². The molecule has 0 aromatic heterocycles. The summed E-state index contributed by atoms with van der Waals surface area (Å²) in [6.07, 6.45) is 19.0. The van der Waals surface area contributed by atoms with Crippen LogP contribution in [0.3, 0.4) is 0 Å². The Balaban J connectivity index is 0.00000784. The van der Waals surface area contributed by atoms with E-state index in [1.807, 2.05) is 6.07 Å². The summed E-state index contributed by atoms with van der Waals surface area (Å²) >= 11 is 0. The normalized spacial score (nSPS) is 10.7. The van der Waals surface area contributed by atoms with Gasteiger partial charge in [-0.3, -0.25) is 0 Å². The first-order chi connectivity index (χ1) is 13.6. The van der Waals surface area contributed by atoms with Crippen molar-refractivity contribution in [3.05, 3.63) is 28.8 Å². The van der Waals surface area contributed by atoms with Gasteiger partial charge in [0, 0.05) is 19.5 Å². The molecule has 0 amide bonds. The summed E-state index contributed by atoms with van der Waals surface area (Å²) in [5.41, 5.74) is 1.94. The number of rotatable bonds is 17. The van der Waals surface area contributed by atoms with Crippen molar-refractivity contribution in [2.24, 2.45) is 0 Å². The molecule has 0 spiro atoms. The quantitative estimate of drug-likeness (QED) is 0.187. The third-order valence-corrected chi connectivity index (χ3v) is 5.60. The van der Waals surface area contributed by atoms with Gasteiger partial charge in [-0.05, 0) is 42.9 Å². The van der Waals surface area contributed by atoms with Crippen LogP contribution in [0.1, 0.15) is 125 Å². The van der Waals surface area contributed by atoms with E-state index in [9.17, 15) is 15.0 Å². The minimum Gasteiger partial charge on any atom is -0.507 e. The molecule has 1 rings (SSSR count). The molecule has 0 aliphatic carbocycles. The van der Waals surface area contributed by atoms with Crippen LogP contribution >= 0.6 is 0 Å². The zero-order valence-electron chi connectivity index (χ0n) is 19.0. The molecule has 0 aliphatic heterocycles. The predicted octanol–water partition coefficient (Wildman–Crippen LogP) is 7.67. The maximum atomic E-state index is 11.5. The monoisotopic (exact) mass is 454 g/mol. The number of unbranched alkanes of at least 4 members (excludes halogenated alkanes) is 12. The molecule has 4 heteroatoms. The van der Waals surface area contributed by atoms with Gasteiger partial charge >= 0.3 is 5.97 Å². The minimum atomic E-state index is -1.03. The summed E-state index contributed by atoms with van der Waals surface area (Å²) in [5, 5.41) is 19.8. The van der Waals surface area contributed by atoms with Crippen molar-refractivity contribution in [3.63, 3.8) is 0 Å². The van der Waals surface area contributed by atoms with Gasteiger partial charge in [0.2, 0.25) is 0 Å². The molecule has 0 saturated carbocycles. The van der Waals surface area contributed by atoms with Crippen molar-refractivity contribution in [1.29, 1.82) is 0 Å². The van der Waals surface area contributed by atoms with Crippen molar-refractivity contribution >= 4 is 5.97 Å². The van der Waals surface area contributed by atoms with Crippen molar-refractivity contribution in [2.75, 3.05) is 0 Å². The van der Waals surface area contributed by atoms with Gasteiger partial charge in [-0.1, -0.05) is 97.0 Å². The standard InChI is InChI=1S/C25H42O3.Zn/c1-3-5-7-9-11-13-15-17-21-19-22(24(26)23(20-21)25(27)28)18-16-14-12-10-8-6-4-2;/h19-20,26H,3-18H2,1-2H3,(H,27,28);. The van der Waals surface area contributed by atoms with E-state index in [1.165, 1.54) is 70.6 Å². The number of hydrogen-bond acceptors (Lipinski definition) is 2. The number of carbonyl (C=O) groups is 1. The zero-order valence-corrected chi connectivity index (χ0v) is 21.9. The number of aromatic carboxylic acids is 1. The average molecular weight is 456 g/mol. The Morgan fingerprint density at radius 3 is 1.66 bits per heavy atom. The van der Waals surface area contributed by atoms with E-state index in [2.05, 4.69) is 13.8 Å². The van der Waals surface area contributed by atoms with Crippen LogP contribution in [0.5, 0.6) is 5.75 Å². The van der Waals surface area contributed by atoms with Crippen LogP contribution in [-0.2, 0) is 32.3 Å². The number of carboxylic acid groups (broad SMARTS) is 1. The third kappa shape index (κ3) is 12.4. The van der Waals surface area contributed by atoms with Crippen LogP contribution in [0, 0.1) is 0 Å². The molecule has 1 aromatic rings. The van der Waals surface area contributed by atoms with Gasteiger partial charge < -0.3 is 10.2 Å². The van der Waals surface area contributed by atoms with Crippen LogP contribution in [0.2, 0.25) is 0 Å². The van der Waals surface area contributed by atoms with Crippen LogP contribution in [-0.4, -0.2) is 16.2 Å². The first-order valence-corrected chi connectivity index (χ1v) is 11.7. The third-order valence-electron chi connectivity index (χ3n) is 5.60. The Kier molecular flexibility index (Phi) is 17.4.